The minimum absolute atomic E-state index is 0.0243. The van der Waals surface area contributed by atoms with E-state index in [0.29, 0.717) is 25.3 Å². The fourth-order valence-corrected chi connectivity index (χ4v) is 3.81. The standard InChI is InChI=1S/C24H30N2O4/c1-18(16-19-8-6-7-11-22(19)29-2)17-23(27)26-14-12-20(13-15-26)25-24(28)30-21-9-4-3-5-10-21/h3-11,18,20H,12-17H2,1-2H3,(H,25,28)/t18-/m0/s1. The highest BCUT2D eigenvalue weighted by atomic mass is 16.6. The zero-order valence-corrected chi connectivity index (χ0v) is 17.7. The van der Waals surface area contributed by atoms with E-state index in [1.807, 2.05) is 47.4 Å². The van der Waals surface area contributed by atoms with E-state index in [0.717, 1.165) is 30.6 Å². The number of hydrogen-bond acceptors (Lipinski definition) is 4. The van der Waals surface area contributed by atoms with E-state index in [-0.39, 0.29) is 17.9 Å². The lowest BCUT2D eigenvalue weighted by Gasteiger charge is -2.32. The molecule has 0 saturated carbocycles. The third kappa shape index (κ3) is 6.24. The van der Waals surface area contributed by atoms with Gasteiger partial charge in [0, 0.05) is 25.6 Å². The largest absolute Gasteiger partial charge is 0.496 e. The summed E-state index contributed by atoms with van der Waals surface area (Å²) >= 11 is 0. The predicted molar refractivity (Wildman–Crippen MR) is 116 cm³/mol. The predicted octanol–water partition coefficient (Wildman–Crippen LogP) is 4.04. The average Bonchev–Trinajstić information content (AvgIpc) is 2.75. The van der Waals surface area contributed by atoms with Gasteiger partial charge in [-0.1, -0.05) is 43.3 Å². The molecule has 2 amide bonds. The van der Waals surface area contributed by atoms with Gasteiger partial charge in [0.05, 0.1) is 7.11 Å². The maximum Gasteiger partial charge on any atom is 0.412 e. The van der Waals surface area contributed by atoms with Crippen LogP contribution in [0.5, 0.6) is 11.5 Å². The molecule has 0 spiro atoms. The number of carbonyl (C=O) groups excluding carboxylic acids is 2. The molecule has 1 aliphatic heterocycles. The highest BCUT2D eigenvalue weighted by Gasteiger charge is 2.25. The summed E-state index contributed by atoms with van der Waals surface area (Å²) in [5.41, 5.74) is 1.13. The van der Waals surface area contributed by atoms with E-state index >= 15 is 0 Å². The first-order chi connectivity index (χ1) is 14.5. The van der Waals surface area contributed by atoms with Crippen molar-refractivity contribution in [2.75, 3.05) is 20.2 Å². The molecular weight excluding hydrogens is 380 g/mol. The monoisotopic (exact) mass is 410 g/mol. The van der Waals surface area contributed by atoms with Crippen LogP contribution in [0.3, 0.4) is 0 Å². The first kappa shape index (κ1) is 21.7. The Morgan fingerprint density at radius 3 is 2.43 bits per heavy atom. The molecule has 0 aromatic heterocycles. The molecule has 2 aromatic rings. The average molecular weight is 411 g/mol. The maximum absolute atomic E-state index is 12.7. The lowest BCUT2D eigenvalue weighted by atomic mass is 9.96. The third-order valence-corrected chi connectivity index (χ3v) is 5.41. The van der Waals surface area contributed by atoms with Gasteiger partial charge in [0.1, 0.15) is 11.5 Å². The molecule has 0 radical (unpaired) electrons. The normalized spacial score (nSPS) is 15.3. The Morgan fingerprint density at radius 1 is 1.07 bits per heavy atom. The number of carbonyl (C=O) groups is 2. The van der Waals surface area contributed by atoms with Crippen LogP contribution in [0.15, 0.2) is 54.6 Å². The van der Waals surface area contributed by atoms with Crippen molar-refractivity contribution in [2.45, 2.75) is 38.6 Å². The van der Waals surface area contributed by atoms with Crippen molar-refractivity contribution < 1.29 is 19.1 Å². The smallest absolute Gasteiger partial charge is 0.412 e. The zero-order chi connectivity index (χ0) is 21.3. The van der Waals surface area contributed by atoms with Gasteiger partial charge < -0.3 is 19.7 Å². The summed E-state index contributed by atoms with van der Waals surface area (Å²) in [4.78, 5) is 26.7. The minimum atomic E-state index is -0.448. The van der Waals surface area contributed by atoms with Crippen LogP contribution in [-0.4, -0.2) is 43.1 Å². The maximum atomic E-state index is 12.7. The Kier molecular flexibility index (Phi) is 7.71. The summed E-state index contributed by atoms with van der Waals surface area (Å²) in [7, 11) is 1.67. The first-order valence-electron chi connectivity index (χ1n) is 10.5. The van der Waals surface area contributed by atoms with Gasteiger partial charge in [-0.3, -0.25) is 4.79 Å². The van der Waals surface area contributed by atoms with Crippen molar-refractivity contribution >= 4 is 12.0 Å². The van der Waals surface area contributed by atoms with Crippen LogP contribution in [0.4, 0.5) is 4.79 Å². The van der Waals surface area contributed by atoms with E-state index in [1.54, 1.807) is 19.2 Å². The number of rotatable bonds is 7. The van der Waals surface area contributed by atoms with E-state index in [1.165, 1.54) is 0 Å². The molecule has 1 saturated heterocycles. The van der Waals surface area contributed by atoms with Crippen LogP contribution in [-0.2, 0) is 11.2 Å². The number of benzene rings is 2. The molecule has 0 aliphatic carbocycles. The van der Waals surface area contributed by atoms with Crippen molar-refractivity contribution in [2.24, 2.45) is 5.92 Å². The van der Waals surface area contributed by atoms with Crippen LogP contribution in [0.2, 0.25) is 0 Å². The second-order valence-electron chi connectivity index (χ2n) is 7.83. The van der Waals surface area contributed by atoms with Gasteiger partial charge in [0.15, 0.2) is 0 Å². The topological polar surface area (TPSA) is 67.9 Å². The molecule has 3 rings (SSSR count). The Labute approximate surface area is 178 Å². The number of nitrogens with one attached hydrogen (secondary N) is 1. The highest BCUT2D eigenvalue weighted by molar-refractivity contribution is 5.76. The van der Waals surface area contributed by atoms with Crippen molar-refractivity contribution in [1.29, 1.82) is 0 Å². The Hall–Kier alpha value is -3.02. The fraction of sp³-hybridized carbons (Fsp3) is 0.417. The summed E-state index contributed by atoms with van der Waals surface area (Å²) in [5.74, 6) is 1.78. The molecule has 30 heavy (non-hydrogen) atoms. The SMILES string of the molecule is COc1ccccc1C[C@H](C)CC(=O)N1CCC(NC(=O)Oc2ccccc2)CC1. The second-order valence-corrected chi connectivity index (χ2v) is 7.83. The molecule has 6 heteroatoms. The lowest BCUT2D eigenvalue weighted by Crippen LogP contribution is -2.47. The van der Waals surface area contributed by atoms with Crippen molar-refractivity contribution in [3.63, 3.8) is 0 Å². The molecule has 0 bridgehead atoms. The number of para-hydroxylation sites is 2. The summed E-state index contributed by atoms with van der Waals surface area (Å²) in [5, 5.41) is 2.90. The number of ether oxygens (including phenoxy) is 2. The molecule has 160 valence electrons. The van der Waals surface area contributed by atoms with Gasteiger partial charge in [-0.05, 0) is 48.9 Å². The van der Waals surface area contributed by atoms with Gasteiger partial charge in [-0.2, -0.15) is 0 Å². The van der Waals surface area contributed by atoms with E-state index in [9.17, 15) is 9.59 Å². The molecule has 0 unspecified atom stereocenters. The van der Waals surface area contributed by atoms with Crippen molar-refractivity contribution in [3.05, 3.63) is 60.2 Å². The third-order valence-electron chi connectivity index (χ3n) is 5.41. The molecule has 1 aliphatic rings. The van der Waals surface area contributed by atoms with Crippen LogP contribution in [0.1, 0.15) is 31.7 Å². The number of methoxy groups -OCH3 is 1. The van der Waals surface area contributed by atoms with Gasteiger partial charge in [0.2, 0.25) is 5.91 Å². The summed E-state index contributed by atoms with van der Waals surface area (Å²) < 4.78 is 10.7. The van der Waals surface area contributed by atoms with Gasteiger partial charge in [0.25, 0.3) is 0 Å². The zero-order valence-electron chi connectivity index (χ0n) is 17.7. The number of hydrogen-bond donors (Lipinski definition) is 1. The number of piperidine rings is 1. The van der Waals surface area contributed by atoms with Crippen LogP contribution < -0.4 is 14.8 Å². The fourth-order valence-electron chi connectivity index (χ4n) is 3.81. The molecule has 6 nitrogen and oxygen atoms in total. The number of nitrogens with zero attached hydrogens (tertiary/aromatic N) is 1. The van der Waals surface area contributed by atoms with E-state index in [2.05, 4.69) is 12.2 Å². The van der Waals surface area contributed by atoms with Crippen molar-refractivity contribution in [3.8, 4) is 11.5 Å². The molecule has 1 fully saturated rings. The number of amides is 2. The van der Waals surface area contributed by atoms with Gasteiger partial charge >= 0.3 is 6.09 Å². The number of likely N-dealkylation sites (tertiary alicyclic amines) is 1. The van der Waals surface area contributed by atoms with E-state index < -0.39 is 6.09 Å². The minimum Gasteiger partial charge on any atom is -0.496 e. The lowest BCUT2D eigenvalue weighted by molar-refractivity contribution is -0.133. The first-order valence-corrected chi connectivity index (χ1v) is 10.5. The van der Waals surface area contributed by atoms with Gasteiger partial charge in [-0.25, -0.2) is 4.79 Å². The second kappa shape index (κ2) is 10.7. The van der Waals surface area contributed by atoms with Crippen molar-refractivity contribution in [1.82, 2.24) is 10.2 Å². The molecule has 1 atom stereocenters. The Balaban J connectivity index is 1.41. The van der Waals surface area contributed by atoms with Gasteiger partial charge in [-0.15, -0.1) is 0 Å². The quantitative estimate of drug-likeness (QED) is 0.748. The Morgan fingerprint density at radius 2 is 1.73 bits per heavy atom. The molecule has 1 heterocycles. The Bertz CT molecular complexity index is 832. The molecule has 1 N–H and O–H groups in total. The van der Waals surface area contributed by atoms with E-state index in [4.69, 9.17) is 9.47 Å². The summed E-state index contributed by atoms with van der Waals surface area (Å²) in [6.45, 7) is 3.39. The molecule has 2 aromatic carbocycles. The summed E-state index contributed by atoms with van der Waals surface area (Å²) in [6.07, 6.45) is 2.33. The highest BCUT2D eigenvalue weighted by Crippen LogP contribution is 2.23. The molecular formula is C24H30N2O4. The summed E-state index contributed by atoms with van der Waals surface area (Å²) in [6, 6.07) is 17.0. The van der Waals surface area contributed by atoms with Crippen LogP contribution >= 0.6 is 0 Å². The van der Waals surface area contributed by atoms with Crippen LogP contribution in [0.25, 0.3) is 0 Å². The van der Waals surface area contributed by atoms with Crippen LogP contribution in [0, 0.1) is 5.92 Å².